The topological polar surface area (TPSA) is 75.4 Å². The SMILES string of the molecule is CCN(CC)Cc1ccccc1-c1ccc2nc(N)nc(C(=O)N3Cc4ccccc4C3)c2c1. The quantitative estimate of drug-likeness (QED) is 0.452. The van der Waals surface area contributed by atoms with Crippen molar-refractivity contribution in [1.29, 1.82) is 0 Å². The average molecular weight is 452 g/mol. The summed E-state index contributed by atoms with van der Waals surface area (Å²) in [6, 6.07) is 22.6. The molecular formula is C28H29N5O. The van der Waals surface area contributed by atoms with Crippen LogP contribution in [0.4, 0.5) is 5.95 Å². The van der Waals surface area contributed by atoms with Gasteiger partial charge in [0.1, 0.15) is 5.69 Å². The molecule has 5 rings (SSSR count). The largest absolute Gasteiger partial charge is 0.368 e. The van der Waals surface area contributed by atoms with Gasteiger partial charge in [-0.05, 0) is 53.0 Å². The fourth-order valence-corrected chi connectivity index (χ4v) is 4.73. The number of benzene rings is 3. The maximum atomic E-state index is 13.6. The Balaban J connectivity index is 1.55. The molecule has 6 heteroatoms. The summed E-state index contributed by atoms with van der Waals surface area (Å²) in [5.41, 5.74) is 12.8. The molecule has 6 nitrogen and oxygen atoms in total. The fourth-order valence-electron chi connectivity index (χ4n) is 4.73. The van der Waals surface area contributed by atoms with Gasteiger partial charge in [-0.1, -0.05) is 68.4 Å². The van der Waals surface area contributed by atoms with Gasteiger partial charge in [-0.3, -0.25) is 9.69 Å². The molecule has 172 valence electrons. The lowest BCUT2D eigenvalue weighted by Crippen LogP contribution is -2.27. The summed E-state index contributed by atoms with van der Waals surface area (Å²) in [7, 11) is 0. The molecule has 0 atom stereocenters. The molecule has 1 aliphatic heterocycles. The summed E-state index contributed by atoms with van der Waals surface area (Å²) in [6.07, 6.45) is 0. The summed E-state index contributed by atoms with van der Waals surface area (Å²) >= 11 is 0. The van der Waals surface area contributed by atoms with Crippen LogP contribution in [-0.2, 0) is 19.6 Å². The van der Waals surface area contributed by atoms with Crippen LogP contribution in [0.2, 0.25) is 0 Å². The van der Waals surface area contributed by atoms with Crippen LogP contribution in [0, 0.1) is 0 Å². The van der Waals surface area contributed by atoms with E-state index in [-0.39, 0.29) is 11.9 Å². The summed E-state index contributed by atoms with van der Waals surface area (Å²) in [5.74, 6) is -0.00822. The summed E-state index contributed by atoms with van der Waals surface area (Å²) in [4.78, 5) is 26.6. The number of amides is 1. The normalized spacial score (nSPS) is 13.0. The first-order valence-electron chi connectivity index (χ1n) is 11.8. The van der Waals surface area contributed by atoms with Crippen LogP contribution in [-0.4, -0.2) is 38.8 Å². The van der Waals surface area contributed by atoms with Gasteiger partial charge >= 0.3 is 0 Å². The molecule has 0 unspecified atom stereocenters. The van der Waals surface area contributed by atoms with Crippen molar-refractivity contribution in [2.24, 2.45) is 0 Å². The molecule has 2 N–H and O–H groups in total. The lowest BCUT2D eigenvalue weighted by atomic mass is 9.97. The third kappa shape index (κ3) is 4.13. The predicted molar refractivity (Wildman–Crippen MR) is 136 cm³/mol. The van der Waals surface area contributed by atoms with E-state index in [0.717, 1.165) is 36.1 Å². The Morgan fingerprint density at radius 1 is 0.941 bits per heavy atom. The van der Waals surface area contributed by atoms with Gasteiger partial charge in [0.05, 0.1) is 5.52 Å². The Labute approximate surface area is 200 Å². The van der Waals surface area contributed by atoms with Gasteiger partial charge in [-0.2, -0.15) is 0 Å². The van der Waals surface area contributed by atoms with Crippen molar-refractivity contribution in [3.8, 4) is 11.1 Å². The van der Waals surface area contributed by atoms with Crippen molar-refractivity contribution in [2.45, 2.75) is 33.5 Å². The van der Waals surface area contributed by atoms with Crippen molar-refractivity contribution in [3.05, 3.63) is 89.1 Å². The second kappa shape index (κ2) is 9.23. The number of rotatable bonds is 6. The second-order valence-corrected chi connectivity index (χ2v) is 8.71. The Bertz CT molecular complexity index is 1340. The molecule has 0 spiro atoms. The smallest absolute Gasteiger partial charge is 0.273 e. The van der Waals surface area contributed by atoms with Crippen LogP contribution in [0.1, 0.15) is 41.0 Å². The van der Waals surface area contributed by atoms with Gasteiger partial charge in [0.25, 0.3) is 5.91 Å². The fraction of sp³-hybridized carbons (Fsp3) is 0.250. The lowest BCUT2D eigenvalue weighted by molar-refractivity contribution is 0.0747. The van der Waals surface area contributed by atoms with Gasteiger partial charge in [-0.15, -0.1) is 0 Å². The molecule has 0 radical (unpaired) electrons. The highest BCUT2D eigenvalue weighted by Crippen LogP contribution is 2.31. The van der Waals surface area contributed by atoms with E-state index in [9.17, 15) is 4.79 Å². The number of carbonyl (C=O) groups excluding carboxylic acids is 1. The molecule has 1 amide bonds. The molecule has 1 aliphatic rings. The molecule has 0 bridgehead atoms. The maximum absolute atomic E-state index is 13.6. The average Bonchev–Trinajstić information content (AvgIpc) is 3.31. The second-order valence-electron chi connectivity index (χ2n) is 8.71. The zero-order valence-electron chi connectivity index (χ0n) is 19.7. The van der Waals surface area contributed by atoms with Crippen LogP contribution < -0.4 is 5.73 Å². The number of aromatic nitrogens is 2. The number of nitrogens with two attached hydrogens (primary N) is 1. The Kier molecular flexibility index (Phi) is 5.99. The molecule has 4 aromatic rings. The number of hydrogen-bond donors (Lipinski definition) is 1. The highest BCUT2D eigenvalue weighted by molar-refractivity contribution is 6.05. The van der Waals surface area contributed by atoms with E-state index in [2.05, 4.69) is 71.2 Å². The van der Waals surface area contributed by atoms with E-state index in [0.29, 0.717) is 24.3 Å². The van der Waals surface area contributed by atoms with Gasteiger partial charge in [-0.25, -0.2) is 9.97 Å². The first kappa shape index (κ1) is 22.0. The minimum atomic E-state index is -0.121. The molecule has 3 aromatic carbocycles. The number of nitrogen functional groups attached to an aromatic ring is 1. The number of fused-ring (bicyclic) bond motifs is 2. The zero-order chi connectivity index (χ0) is 23.7. The Hall–Kier alpha value is -3.77. The number of anilines is 1. The maximum Gasteiger partial charge on any atom is 0.273 e. The van der Waals surface area contributed by atoms with E-state index in [4.69, 9.17) is 5.73 Å². The van der Waals surface area contributed by atoms with Crippen molar-refractivity contribution >= 4 is 22.8 Å². The summed E-state index contributed by atoms with van der Waals surface area (Å²) < 4.78 is 0. The van der Waals surface area contributed by atoms with E-state index < -0.39 is 0 Å². The minimum Gasteiger partial charge on any atom is -0.368 e. The molecular weight excluding hydrogens is 422 g/mol. The number of carbonyl (C=O) groups is 1. The van der Waals surface area contributed by atoms with Gasteiger partial charge < -0.3 is 10.6 Å². The van der Waals surface area contributed by atoms with Crippen LogP contribution in [0.25, 0.3) is 22.0 Å². The standard InChI is InChI=1S/C28H29N5O/c1-3-32(4-2)16-22-11-7-8-12-23(22)19-13-14-25-24(15-19)26(31-28(29)30-25)27(34)33-17-20-9-5-6-10-21(20)18-33/h5-15H,3-4,16-18H2,1-2H3,(H2,29,30,31). The van der Waals surface area contributed by atoms with E-state index in [1.807, 2.05) is 29.2 Å². The highest BCUT2D eigenvalue weighted by atomic mass is 16.2. The van der Waals surface area contributed by atoms with Gasteiger partial charge in [0, 0.05) is 25.0 Å². The first-order valence-corrected chi connectivity index (χ1v) is 11.8. The third-order valence-electron chi connectivity index (χ3n) is 6.66. The number of hydrogen-bond acceptors (Lipinski definition) is 5. The van der Waals surface area contributed by atoms with Gasteiger partial charge in [0.15, 0.2) is 0 Å². The molecule has 2 heterocycles. The van der Waals surface area contributed by atoms with Crippen molar-refractivity contribution in [2.75, 3.05) is 18.8 Å². The first-order chi connectivity index (χ1) is 16.6. The van der Waals surface area contributed by atoms with Crippen molar-refractivity contribution in [3.63, 3.8) is 0 Å². The van der Waals surface area contributed by atoms with Crippen LogP contribution >= 0.6 is 0 Å². The van der Waals surface area contributed by atoms with Crippen molar-refractivity contribution < 1.29 is 4.79 Å². The molecule has 1 aromatic heterocycles. The van der Waals surface area contributed by atoms with Crippen LogP contribution in [0.3, 0.4) is 0 Å². The molecule has 0 saturated heterocycles. The van der Waals surface area contributed by atoms with E-state index in [1.54, 1.807) is 0 Å². The Morgan fingerprint density at radius 2 is 1.62 bits per heavy atom. The van der Waals surface area contributed by atoms with E-state index in [1.165, 1.54) is 16.7 Å². The van der Waals surface area contributed by atoms with Crippen LogP contribution in [0.5, 0.6) is 0 Å². The lowest BCUT2D eigenvalue weighted by Gasteiger charge is -2.20. The summed E-state index contributed by atoms with van der Waals surface area (Å²) in [5, 5.41) is 0.727. The molecule has 0 saturated carbocycles. The van der Waals surface area contributed by atoms with Gasteiger partial charge in [0.2, 0.25) is 5.95 Å². The molecule has 34 heavy (non-hydrogen) atoms. The molecule has 0 fully saturated rings. The number of nitrogens with zero attached hydrogens (tertiary/aromatic N) is 4. The zero-order valence-corrected chi connectivity index (χ0v) is 19.7. The van der Waals surface area contributed by atoms with Crippen molar-refractivity contribution in [1.82, 2.24) is 19.8 Å². The minimum absolute atomic E-state index is 0.113. The van der Waals surface area contributed by atoms with E-state index >= 15 is 0 Å². The van der Waals surface area contributed by atoms with Crippen LogP contribution in [0.15, 0.2) is 66.7 Å². The Morgan fingerprint density at radius 3 is 2.32 bits per heavy atom. The third-order valence-corrected chi connectivity index (χ3v) is 6.66. The molecule has 0 aliphatic carbocycles. The predicted octanol–water partition coefficient (Wildman–Crippen LogP) is 4.88. The summed E-state index contributed by atoms with van der Waals surface area (Å²) in [6.45, 7) is 8.37. The monoisotopic (exact) mass is 451 g/mol. The highest BCUT2D eigenvalue weighted by Gasteiger charge is 2.27.